The van der Waals surface area contributed by atoms with E-state index in [4.69, 9.17) is 4.74 Å². The van der Waals surface area contributed by atoms with E-state index in [-0.39, 0.29) is 6.03 Å². The number of aryl methyl sites for hydroxylation is 1. The Bertz CT molecular complexity index is 721. The summed E-state index contributed by atoms with van der Waals surface area (Å²) in [6.45, 7) is 7.46. The number of rotatable bonds is 6. The smallest absolute Gasteiger partial charge is 0.317 e. The van der Waals surface area contributed by atoms with Crippen LogP contribution < -0.4 is 10.1 Å². The summed E-state index contributed by atoms with van der Waals surface area (Å²) in [5.74, 6) is 0.843. The molecule has 0 unspecified atom stereocenters. The Kier molecular flexibility index (Phi) is 7.11. The molecule has 1 saturated heterocycles. The van der Waals surface area contributed by atoms with Crippen molar-refractivity contribution in [3.8, 4) is 5.75 Å². The van der Waals surface area contributed by atoms with E-state index < -0.39 is 0 Å². The van der Waals surface area contributed by atoms with E-state index in [0.717, 1.165) is 44.9 Å². The number of carbonyl (C=O) groups excluding carboxylic acids is 1. The van der Waals surface area contributed by atoms with Crippen LogP contribution in [0, 0.1) is 6.92 Å². The molecule has 0 radical (unpaired) electrons. The van der Waals surface area contributed by atoms with Gasteiger partial charge in [0.1, 0.15) is 12.4 Å². The summed E-state index contributed by atoms with van der Waals surface area (Å²) in [6, 6.07) is 18.5. The lowest BCUT2D eigenvalue weighted by molar-refractivity contribution is 0.194. The van der Waals surface area contributed by atoms with Crippen LogP contribution in [0.25, 0.3) is 0 Å². The van der Waals surface area contributed by atoms with Gasteiger partial charge in [0.15, 0.2) is 0 Å². The lowest BCUT2D eigenvalue weighted by Gasteiger charge is -2.22. The molecule has 144 valence electrons. The van der Waals surface area contributed by atoms with Gasteiger partial charge >= 0.3 is 6.03 Å². The van der Waals surface area contributed by atoms with Crippen molar-refractivity contribution in [3.63, 3.8) is 0 Å². The molecule has 1 fully saturated rings. The second kappa shape index (κ2) is 9.97. The summed E-state index contributed by atoms with van der Waals surface area (Å²) >= 11 is 0. The lowest BCUT2D eigenvalue weighted by atomic mass is 10.2. The van der Waals surface area contributed by atoms with Crippen molar-refractivity contribution in [2.45, 2.75) is 19.9 Å². The molecule has 27 heavy (non-hydrogen) atoms. The van der Waals surface area contributed by atoms with Crippen molar-refractivity contribution in [2.75, 3.05) is 39.3 Å². The van der Waals surface area contributed by atoms with Crippen molar-refractivity contribution in [2.24, 2.45) is 0 Å². The number of urea groups is 1. The predicted octanol–water partition coefficient (Wildman–Crippen LogP) is 3.29. The van der Waals surface area contributed by atoms with Crippen LogP contribution in [0.3, 0.4) is 0 Å². The van der Waals surface area contributed by atoms with Gasteiger partial charge in [0.2, 0.25) is 0 Å². The molecular formula is C22H29N3O2. The largest absolute Gasteiger partial charge is 0.492 e. The van der Waals surface area contributed by atoms with Gasteiger partial charge in [0.25, 0.3) is 0 Å². The van der Waals surface area contributed by atoms with Crippen LogP contribution in [-0.2, 0) is 6.54 Å². The van der Waals surface area contributed by atoms with E-state index in [0.29, 0.717) is 13.2 Å². The van der Waals surface area contributed by atoms with Crippen LogP contribution in [0.1, 0.15) is 17.5 Å². The van der Waals surface area contributed by atoms with Gasteiger partial charge in [0, 0.05) is 32.7 Å². The number of ether oxygens (including phenoxy) is 1. The van der Waals surface area contributed by atoms with Crippen molar-refractivity contribution < 1.29 is 9.53 Å². The molecule has 2 amide bonds. The molecule has 5 heteroatoms. The lowest BCUT2D eigenvalue weighted by Crippen LogP contribution is -2.43. The minimum atomic E-state index is 0.00408. The minimum absolute atomic E-state index is 0.00408. The molecule has 5 nitrogen and oxygen atoms in total. The maximum absolute atomic E-state index is 12.4. The highest BCUT2D eigenvalue weighted by atomic mass is 16.5. The average molecular weight is 367 g/mol. The highest BCUT2D eigenvalue weighted by Crippen LogP contribution is 2.12. The van der Waals surface area contributed by atoms with E-state index in [1.54, 1.807) is 0 Å². The third-order valence-corrected chi connectivity index (χ3v) is 4.76. The molecule has 1 aliphatic heterocycles. The standard InChI is InChI=1S/C22H29N3O2/c1-19-7-5-10-21(17-19)27-16-11-23-22(26)25-13-6-12-24(14-15-25)18-20-8-3-2-4-9-20/h2-5,7-10,17H,6,11-16,18H2,1H3,(H,23,26). The Hall–Kier alpha value is -2.53. The minimum Gasteiger partial charge on any atom is -0.492 e. The van der Waals surface area contributed by atoms with E-state index >= 15 is 0 Å². The summed E-state index contributed by atoms with van der Waals surface area (Å²) in [6.07, 6.45) is 1.00. The number of hydrogen-bond acceptors (Lipinski definition) is 3. The zero-order chi connectivity index (χ0) is 18.9. The van der Waals surface area contributed by atoms with Gasteiger partial charge in [0.05, 0.1) is 6.54 Å². The molecule has 0 atom stereocenters. The number of benzene rings is 2. The van der Waals surface area contributed by atoms with E-state index in [9.17, 15) is 4.79 Å². The second-order valence-corrected chi connectivity index (χ2v) is 7.00. The summed E-state index contributed by atoms with van der Waals surface area (Å²) in [5, 5.41) is 2.97. The van der Waals surface area contributed by atoms with Crippen LogP contribution in [0.15, 0.2) is 54.6 Å². The van der Waals surface area contributed by atoms with Crippen LogP contribution >= 0.6 is 0 Å². The Morgan fingerprint density at radius 1 is 1.04 bits per heavy atom. The van der Waals surface area contributed by atoms with Gasteiger partial charge in [-0.1, -0.05) is 42.5 Å². The Balaban J connectivity index is 1.37. The highest BCUT2D eigenvalue weighted by Gasteiger charge is 2.18. The first-order chi connectivity index (χ1) is 13.2. The molecule has 3 rings (SSSR count). The van der Waals surface area contributed by atoms with Crippen LogP contribution in [0.4, 0.5) is 4.79 Å². The maximum atomic E-state index is 12.4. The summed E-state index contributed by atoms with van der Waals surface area (Å²) in [4.78, 5) is 16.8. The predicted molar refractivity (Wildman–Crippen MR) is 108 cm³/mol. The fourth-order valence-corrected chi connectivity index (χ4v) is 3.32. The number of nitrogens with zero attached hydrogens (tertiary/aromatic N) is 2. The molecule has 1 aliphatic rings. The number of carbonyl (C=O) groups is 1. The van der Waals surface area contributed by atoms with Crippen LogP contribution in [0.2, 0.25) is 0 Å². The molecule has 0 aliphatic carbocycles. The second-order valence-electron chi connectivity index (χ2n) is 7.00. The van der Waals surface area contributed by atoms with Crippen molar-refractivity contribution in [1.29, 1.82) is 0 Å². The monoisotopic (exact) mass is 367 g/mol. The van der Waals surface area contributed by atoms with Crippen LogP contribution in [-0.4, -0.2) is 55.2 Å². The zero-order valence-corrected chi connectivity index (χ0v) is 16.1. The van der Waals surface area contributed by atoms with Crippen molar-refractivity contribution in [1.82, 2.24) is 15.1 Å². The van der Waals surface area contributed by atoms with Gasteiger partial charge in [-0.05, 0) is 36.6 Å². The first-order valence-corrected chi connectivity index (χ1v) is 9.69. The maximum Gasteiger partial charge on any atom is 0.317 e. The quantitative estimate of drug-likeness (QED) is 0.797. The number of nitrogens with one attached hydrogen (secondary N) is 1. The summed E-state index contributed by atoms with van der Waals surface area (Å²) < 4.78 is 5.69. The molecule has 0 spiro atoms. The third-order valence-electron chi connectivity index (χ3n) is 4.76. The Labute approximate surface area is 161 Å². The molecule has 0 bridgehead atoms. The third kappa shape index (κ3) is 6.29. The molecule has 1 N–H and O–H groups in total. The highest BCUT2D eigenvalue weighted by molar-refractivity contribution is 5.74. The first-order valence-electron chi connectivity index (χ1n) is 9.69. The first kappa shape index (κ1) is 19.2. The van der Waals surface area contributed by atoms with Crippen LogP contribution in [0.5, 0.6) is 5.75 Å². The van der Waals surface area contributed by atoms with E-state index in [2.05, 4.69) is 34.5 Å². The summed E-state index contributed by atoms with van der Waals surface area (Å²) in [7, 11) is 0. The molecule has 1 heterocycles. The van der Waals surface area contributed by atoms with Gasteiger partial charge in [-0.25, -0.2) is 4.79 Å². The molecule has 0 aromatic heterocycles. The number of hydrogen-bond donors (Lipinski definition) is 1. The molecular weight excluding hydrogens is 338 g/mol. The summed E-state index contributed by atoms with van der Waals surface area (Å²) in [5.41, 5.74) is 2.49. The van der Waals surface area contributed by atoms with Crippen molar-refractivity contribution >= 4 is 6.03 Å². The topological polar surface area (TPSA) is 44.8 Å². The Morgan fingerprint density at radius 3 is 2.70 bits per heavy atom. The van der Waals surface area contributed by atoms with Gasteiger partial charge in [-0.2, -0.15) is 0 Å². The Morgan fingerprint density at radius 2 is 1.89 bits per heavy atom. The van der Waals surface area contributed by atoms with Gasteiger partial charge in [-0.15, -0.1) is 0 Å². The molecule has 0 saturated carbocycles. The van der Waals surface area contributed by atoms with E-state index in [1.165, 1.54) is 11.1 Å². The molecule has 2 aromatic carbocycles. The normalized spacial score (nSPS) is 15.2. The average Bonchev–Trinajstić information content (AvgIpc) is 2.92. The van der Waals surface area contributed by atoms with E-state index in [1.807, 2.05) is 42.2 Å². The SMILES string of the molecule is Cc1cccc(OCCNC(=O)N2CCCN(Cc3ccccc3)CC2)c1. The fourth-order valence-electron chi connectivity index (χ4n) is 3.32. The molecule has 2 aromatic rings. The van der Waals surface area contributed by atoms with Gasteiger partial charge in [-0.3, -0.25) is 4.90 Å². The number of amides is 2. The zero-order valence-electron chi connectivity index (χ0n) is 16.1. The van der Waals surface area contributed by atoms with Crippen molar-refractivity contribution in [3.05, 3.63) is 65.7 Å². The van der Waals surface area contributed by atoms with Gasteiger partial charge < -0.3 is 15.0 Å². The fraction of sp³-hybridized carbons (Fsp3) is 0.409.